The van der Waals surface area contributed by atoms with Crippen LogP contribution >= 0.6 is 11.8 Å². The number of nitrogens with one attached hydrogen (secondary N) is 1. The van der Waals surface area contributed by atoms with E-state index in [0.717, 1.165) is 22.8 Å². The molecule has 0 amide bonds. The Kier molecular flexibility index (Phi) is 6.38. The highest BCUT2D eigenvalue weighted by Gasteiger charge is 2.22. The average molecular weight is 292 g/mol. The van der Waals surface area contributed by atoms with Gasteiger partial charge in [-0.3, -0.25) is 0 Å². The third kappa shape index (κ3) is 5.07. The zero-order valence-corrected chi connectivity index (χ0v) is 13.5. The lowest BCUT2D eigenvalue weighted by molar-refractivity contribution is 0.0515. The van der Waals surface area contributed by atoms with Gasteiger partial charge < -0.3 is 10.4 Å². The number of nitriles is 1. The molecule has 20 heavy (non-hydrogen) atoms. The third-order valence-corrected chi connectivity index (χ3v) is 3.89. The summed E-state index contributed by atoms with van der Waals surface area (Å²) in [5, 5.41) is 22.9. The first kappa shape index (κ1) is 16.9. The number of anilines is 1. The first-order valence-corrected chi connectivity index (χ1v) is 8.00. The van der Waals surface area contributed by atoms with Crippen molar-refractivity contribution in [2.24, 2.45) is 5.92 Å². The quantitative estimate of drug-likeness (QED) is 0.749. The highest BCUT2D eigenvalue weighted by molar-refractivity contribution is 7.99. The largest absolute Gasteiger partial charge is 0.388 e. The van der Waals surface area contributed by atoms with Crippen molar-refractivity contribution in [1.29, 1.82) is 5.26 Å². The molecule has 0 aliphatic rings. The predicted molar refractivity (Wildman–Crippen MR) is 86.1 cm³/mol. The molecule has 0 spiro atoms. The SMILES string of the molecule is CCSc1cccc(NCC(C)(O)CC(C)C)c1C#N. The third-order valence-electron chi connectivity index (χ3n) is 2.95. The minimum absolute atomic E-state index is 0.434. The molecule has 1 rings (SSSR count). The Hall–Kier alpha value is -1.18. The van der Waals surface area contributed by atoms with Gasteiger partial charge in [0.05, 0.1) is 16.9 Å². The normalized spacial score (nSPS) is 13.8. The van der Waals surface area contributed by atoms with E-state index in [4.69, 9.17) is 0 Å². The second kappa shape index (κ2) is 7.56. The lowest BCUT2D eigenvalue weighted by Gasteiger charge is -2.26. The van der Waals surface area contributed by atoms with Crippen LogP contribution in [-0.4, -0.2) is 23.0 Å². The molecule has 110 valence electrons. The molecule has 0 saturated heterocycles. The maximum absolute atomic E-state index is 10.3. The maximum Gasteiger partial charge on any atom is 0.102 e. The highest BCUT2D eigenvalue weighted by atomic mass is 32.2. The minimum atomic E-state index is -0.769. The Morgan fingerprint density at radius 3 is 2.70 bits per heavy atom. The van der Waals surface area contributed by atoms with Gasteiger partial charge >= 0.3 is 0 Å². The summed E-state index contributed by atoms with van der Waals surface area (Å²) in [5.41, 5.74) is 0.698. The lowest BCUT2D eigenvalue weighted by atomic mass is 9.94. The van der Waals surface area contributed by atoms with Gasteiger partial charge in [0.1, 0.15) is 6.07 Å². The smallest absolute Gasteiger partial charge is 0.102 e. The van der Waals surface area contributed by atoms with E-state index in [-0.39, 0.29) is 0 Å². The lowest BCUT2D eigenvalue weighted by Crippen LogP contribution is -2.35. The molecule has 1 atom stereocenters. The van der Waals surface area contributed by atoms with Crippen molar-refractivity contribution in [3.63, 3.8) is 0 Å². The van der Waals surface area contributed by atoms with Gasteiger partial charge in [-0.15, -0.1) is 11.8 Å². The molecule has 0 radical (unpaired) electrons. The van der Waals surface area contributed by atoms with Gasteiger partial charge in [-0.1, -0.05) is 26.8 Å². The van der Waals surface area contributed by atoms with Crippen LogP contribution < -0.4 is 5.32 Å². The van der Waals surface area contributed by atoms with Crippen LogP contribution in [0.25, 0.3) is 0 Å². The standard InChI is InChI=1S/C16H24N2OS/c1-5-20-15-8-6-7-14(13(15)10-17)18-11-16(4,19)9-12(2)3/h6-8,12,18-19H,5,9,11H2,1-4H3. The number of thioether (sulfide) groups is 1. The molecular weight excluding hydrogens is 268 g/mol. The van der Waals surface area contributed by atoms with Crippen molar-refractivity contribution < 1.29 is 5.11 Å². The summed E-state index contributed by atoms with van der Waals surface area (Å²) in [6.07, 6.45) is 0.727. The van der Waals surface area contributed by atoms with E-state index in [1.54, 1.807) is 11.8 Å². The predicted octanol–water partition coefficient (Wildman–Crippen LogP) is 3.88. The molecule has 1 aromatic rings. The van der Waals surface area contributed by atoms with Crippen LogP contribution in [0.2, 0.25) is 0 Å². The van der Waals surface area contributed by atoms with Crippen LogP contribution in [-0.2, 0) is 0 Å². The van der Waals surface area contributed by atoms with Crippen molar-refractivity contribution in [2.45, 2.75) is 44.6 Å². The molecular formula is C16H24N2OS. The monoisotopic (exact) mass is 292 g/mol. The zero-order valence-electron chi connectivity index (χ0n) is 12.7. The van der Waals surface area contributed by atoms with Crippen LogP contribution in [0.1, 0.15) is 39.7 Å². The van der Waals surface area contributed by atoms with Gasteiger partial charge in [-0.2, -0.15) is 5.26 Å². The molecule has 3 nitrogen and oxygen atoms in total. The Morgan fingerprint density at radius 1 is 1.45 bits per heavy atom. The summed E-state index contributed by atoms with van der Waals surface area (Å²) < 4.78 is 0. The van der Waals surface area contributed by atoms with Crippen molar-refractivity contribution in [3.05, 3.63) is 23.8 Å². The Bertz CT molecular complexity index is 478. The molecule has 0 saturated carbocycles. The van der Waals surface area contributed by atoms with Crippen molar-refractivity contribution in [2.75, 3.05) is 17.6 Å². The molecule has 0 bridgehead atoms. The molecule has 0 aromatic heterocycles. The fraction of sp³-hybridized carbons (Fsp3) is 0.562. The number of hydrogen-bond donors (Lipinski definition) is 2. The second-order valence-corrected chi connectivity index (χ2v) is 6.98. The van der Waals surface area contributed by atoms with Gasteiger partial charge in [-0.05, 0) is 37.1 Å². The second-order valence-electron chi connectivity index (χ2n) is 5.67. The molecule has 1 unspecified atom stereocenters. The van der Waals surface area contributed by atoms with E-state index in [0.29, 0.717) is 18.0 Å². The van der Waals surface area contributed by atoms with E-state index in [2.05, 4.69) is 32.2 Å². The highest BCUT2D eigenvalue weighted by Crippen LogP contribution is 2.28. The number of benzene rings is 1. The molecule has 1 aromatic carbocycles. The van der Waals surface area contributed by atoms with Crippen molar-refractivity contribution >= 4 is 17.4 Å². The van der Waals surface area contributed by atoms with Crippen LogP contribution in [0, 0.1) is 17.2 Å². The maximum atomic E-state index is 10.3. The first-order chi connectivity index (χ1) is 9.39. The molecule has 2 N–H and O–H groups in total. The number of nitrogens with zero attached hydrogens (tertiary/aromatic N) is 1. The average Bonchev–Trinajstić information content (AvgIpc) is 2.35. The van der Waals surface area contributed by atoms with Gasteiger partial charge in [-0.25, -0.2) is 0 Å². The number of hydrogen-bond acceptors (Lipinski definition) is 4. The van der Waals surface area contributed by atoms with E-state index in [9.17, 15) is 10.4 Å². The van der Waals surface area contributed by atoms with Gasteiger partial charge in [0.2, 0.25) is 0 Å². The van der Waals surface area contributed by atoms with E-state index in [1.165, 1.54) is 0 Å². The summed E-state index contributed by atoms with van der Waals surface area (Å²) in [7, 11) is 0. The summed E-state index contributed by atoms with van der Waals surface area (Å²) in [5.74, 6) is 1.37. The fourth-order valence-corrected chi connectivity index (χ4v) is 3.09. The van der Waals surface area contributed by atoms with Crippen molar-refractivity contribution in [1.82, 2.24) is 0 Å². The number of aliphatic hydroxyl groups is 1. The van der Waals surface area contributed by atoms with Gasteiger partial charge in [0, 0.05) is 11.4 Å². The van der Waals surface area contributed by atoms with Crippen LogP contribution in [0.4, 0.5) is 5.69 Å². The van der Waals surface area contributed by atoms with Crippen molar-refractivity contribution in [3.8, 4) is 6.07 Å². The minimum Gasteiger partial charge on any atom is -0.388 e. The summed E-state index contributed by atoms with van der Waals surface area (Å²) >= 11 is 1.66. The topological polar surface area (TPSA) is 56.0 Å². The molecule has 0 heterocycles. The molecule has 4 heteroatoms. The van der Waals surface area contributed by atoms with Gasteiger partial charge in [0.15, 0.2) is 0 Å². The molecule has 0 fully saturated rings. The van der Waals surface area contributed by atoms with Crippen LogP contribution in [0.15, 0.2) is 23.1 Å². The Labute approximate surface area is 126 Å². The van der Waals surface area contributed by atoms with Gasteiger partial charge in [0.25, 0.3) is 0 Å². The fourth-order valence-electron chi connectivity index (χ4n) is 2.31. The van der Waals surface area contributed by atoms with E-state index < -0.39 is 5.60 Å². The Morgan fingerprint density at radius 2 is 2.15 bits per heavy atom. The van der Waals surface area contributed by atoms with Crippen LogP contribution in [0.5, 0.6) is 0 Å². The first-order valence-electron chi connectivity index (χ1n) is 7.01. The Balaban J connectivity index is 2.83. The van der Waals surface area contributed by atoms with E-state index >= 15 is 0 Å². The molecule has 0 aliphatic heterocycles. The molecule has 0 aliphatic carbocycles. The van der Waals surface area contributed by atoms with Crippen LogP contribution in [0.3, 0.4) is 0 Å². The number of rotatable bonds is 7. The van der Waals surface area contributed by atoms with E-state index in [1.807, 2.05) is 25.1 Å². The summed E-state index contributed by atoms with van der Waals surface area (Å²) in [4.78, 5) is 0.989. The summed E-state index contributed by atoms with van der Waals surface area (Å²) in [6.45, 7) is 8.53. The zero-order chi connectivity index (χ0) is 15.2. The summed E-state index contributed by atoms with van der Waals surface area (Å²) in [6, 6.07) is 8.06.